The average Bonchev–Trinajstić information content (AvgIpc) is 3.05. The van der Waals surface area contributed by atoms with Crippen molar-refractivity contribution in [3.63, 3.8) is 0 Å². The summed E-state index contributed by atoms with van der Waals surface area (Å²) in [4.78, 5) is 21.6. The van der Waals surface area contributed by atoms with Crippen LogP contribution >= 0.6 is 7.82 Å². The standard InChI is InChI=1S/C40H70NO7P/c1-5-6-7-8-9-10-11-12-13-14-15-16-17-18-19-20-21-22-23-24-25-26-27-28-29-30-31-32-33-34-40(43)46-37-39(42)38-48-49(44,45)47-36-35-41(2,3)4/h6-7,9-10,12-13,15-16,18-19,21-22,39,42H,5,8,11,14,17,20,23-38H2,1-4H3/p+1/b7-6-,10-9-,13-12-,16-15-,19-18-,22-21-. The molecule has 0 rings (SSSR count). The maximum Gasteiger partial charge on any atom is 0.472 e. The Hall–Kier alpha value is -2.06. The number of carbonyl (C=O) groups is 1. The van der Waals surface area contributed by atoms with E-state index in [0.717, 1.165) is 64.2 Å². The lowest BCUT2D eigenvalue weighted by molar-refractivity contribution is -0.870. The fourth-order valence-corrected chi connectivity index (χ4v) is 5.29. The first-order chi connectivity index (χ1) is 23.6. The zero-order valence-corrected chi connectivity index (χ0v) is 32.3. The van der Waals surface area contributed by atoms with Crippen LogP contribution in [0, 0.1) is 0 Å². The molecule has 8 nitrogen and oxygen atoms in total. The van der Waals surface area contributed by atoms with Gasteiger partial charge in [-0.15, -0.1) is 0 Å². The van der Waals surface area contributed by atoms with Crippen molar-refractivity contribution in [2.24, 2.45) is 0 Å². The van der Waals surface area contributed by atoms with Crippen LogP contribution in [0.15, 0.2) is 72.9 Å². The lowest BCUT2D eigenvalue weighted by atomic mass is 10.1. The highest BCUT2D eigenvalue weighted by atomic mass is 31.2. The number of ether oxygens (including phenoxy) is 1. The number of hydrogen-bond donors (Lipinski definition) is 2. The van der Waals surface area contributed by atoms with Crippen LogP contribution in [0.2, 0.25) is 0 Å². The van der Waals surface area contributed by atoms with Gasteiger partial charge in [0.25, 0.3) is 0 Å². The highest BCUT2D eigenvalue weighted by Gasteiger charge is 2.24. The molecule has 0 saturated heterocycles. The van der Waals surface area contributed by atoms with Gasteiger partial charge >= 0.3 is 13.8 Å². The number of unbranched alkanes of at least 4 members (excludes halogenated alkanes) is 10. The molecule has 0 aromatic rings. The molecule has 49 heavy (non-hydrogen) atoms. The summed E-state index contributed by atoms with van der Waals surface area (Å²) in [6, 6.07) is 0. The second-order valence-electron chi connectivity index (χ2n) is 13.4. The molecule has 2 atom stereocenters. The van der Waals surface area contributed by atoms with Crippen LogP contribution in [0.4, 0.5) is 0 Å². The zero-order chi connectivity index (χ0) is 36.3. The van der Waals surface area contributed by atoms with Crippen LogP contribution in [0.1, 0.15) is 122 Å². The maximum absolute atomic E-state index is 11.9. The van der Waals surface area contributed by atoms with Crippen LogP contribution < -0.4 is 0 Å². The van der Waals surface area contributed by atoms with Crippen molar-refractivity contribution in [3.05, 3.63) is 72.9 Å². The van der Waals surface area contributed by atoms with Gasteiger partial charge in [-0.3, -0.25) is 13.8 Å². The number of quaternary nitrogens is 1. The smallest absolute Gasteiger partial charge is 0.463 e. The fourth-order valence-electron chi connectivity index (χ4n) is 4.54. The molecule has 282 valence electrons. The Morgan fingerprint density at radius 1 is 0.633 bits per heavy atom. The number of esters is 1. The van der Waals surface area contributed by atoms with E-state index in [1.807, 2.05) is 21.1 Å². The van der Waals surface area contributed by atoms with Crippen LogP contribution in [0.3, 0.4) is 0 Å². The predicted octanol–water partition coefficient (Wildman–Crippen LogP) is 10.1. The van der Waals surface area contributed by atoms with Crippen LogP contribution in [-0.4, -0.2) is 74.1 Å². The molecule has 0 amide bonds. The molecule has 0 fully saturated rings. The Labute approximate surface area is 299 Å². The second-order valence-corrected chi connectivity index (χ2v) is 14.9. The minimum absolute atomic E-state index is 0.0503. The molecule has 0 aromatic heterocycles. The topological polar surface area (TPSA) is 102 Å². The Kier molecular flexibility index (Phi) is 31.7. The third-order valence-corrected chi connectivity index (χ3v) is 8.47. The van der Waals surface area contributed by atoms with Crippen molar-refractivity contribution < 1.29 is 37.6 Å². The summed E-state index contributed by atoms with van der Waals surface area (Å²) in [6.45, 7) is 2.01. The van der Waals surface area contributed by atoms with Crippen LogP contribution in [0.25, 0.3) is 0 Å². The van der Waals surface area contributed by atoms with Gasteiger partial charge in [0.05, 0.1) is 27.7 Å². The van der Waals surface area contributed by atoms with E-state index in [1.165, 1.54) is 44.9 Å². The summed E-state index contributed by atoms with van der Waals surface area (Å²) >= 11 is 0. The highest BCUT2D eigenvalue weighted by Crippen LogP contribution is 2.43. The second kappa shape index (κ2) is 33.1. The van der Waals surface area contributed by atoms with Crippen LogP contribution in [-0.2, 0) is 23.1 Å². The van der Waals surface area contributed by atoms with Crippen molar-refractivity contribution >= 4 is 13.8 Å². The van der Waals surface area contributed by atoms with Crippen molar-refractivity contribution in [2.45, 2.75) is 129 Å². The molecule has 9 heteroatoms. The first-order valence-electron chi connectivity index (χ1n) is 18.7. The third kappa shape index (κ3) is 38.6. The molecular formula is C40H71NO7P+. The van der Waals surface area contributed by atoms with Gasteiger partial charge in [0.15, 0.2) is 0 Å². The number of phosphoric ester groups is 1. The SMILES string of the molecule is CC/C=C\C/C=C\C/C=C\C/C=C\C/C=C\C/C=C\CCCCCCCCCCCCC(=O)OCC(O)COP(=O)(O)OCC[N+](C)(C)C. The number of nitrogens with zero attached hydrogens (tertiary/aromatic N) is 1. The molecular weight excluding hydrogens is 637 g/mol. The fraction of sp³-hybridized carbons (Fsp3) is 0.675. The van der Waals surface area contributed by atoms with Gasteiger partial charge in [0.2, 0.25) is 0 Å². The number of hydrogen-bond acceptors (Lipinski definition) is 6. The van der Waals surface area contributed by atoms with Crippen molar-refractivity contribution in [2.75, 3.05) is 47.5 Å². The summed E-state index contributed by atoms with van der Waals surface area (Å²) < 4.78 is 27.2. The average molecular weight is 709 g/mol. The first-order valence-corrected chi connectivity index (χ1v) is 20.2. The Morgan fingerprint density at radius 3 is 1.53 bits per heavy atom. The minimum atomic E-state index is -4.25. The van der Waals surface area contributed by atoms with E-state index >= 15 is 0 Å². The number of carbonyl (C=O) groups excluding carboxylic acids is 1. The van der Waals surface area contributed by atoms with Gasteiger partial charge in [-0.05, 0) is 57.8 Å². The largest absolute Gasteiger partial charge is 0.472 e. The molecule has 0 radical (unpaired) electrons. The zero-order valence-electron chi connectivity index (χ0n) is 31.4. The third-order valence-electron chi connectivity index (χ3n) is 7.48. The Balaban J connectivity index is 3.53. The van der Waals surface area contributed by atoms with E-state index in [0.29, 0.717) is 17.4 Å². The van der Waals surface area contributed by atoms with Gasteiger partial charge < -0.3 is 19.2 Å². The molecule has 0 spiro atoms. The first kappa shape index (κ1) is 46.9. The number of allylic oxidation sites excluding steroid dienone is 12. The minimum Gasteiger partial charge on any atom is -0.463 e. The summed E-state index contributed by atoms with van der Waals surface area (Å²) in [7, 11) is 1.55. The molecule has 0 aliphatic carbocycles. The summed E-state index contributed by atoms with van der Waals surface area (Å²) in [5.41, 5.74) is 0. The molecule has 2 unspecified atom stereocenters. The van der Waals surface area contributed by atoms with Crippen molar-refractivity contribution in [1.29, 1.82) is 0 Å². The van der Waals surface area contributed by atoms with E-state index in [1.54, 1.807) is 0 Å². The monoisotopic (exact) mass is 708 g/mol. The Bertz CT molecular complexity index is 1010. The molecule has 0 aromatic carbocycles. The number of aliphatic hydroxyl groups excluding tert-OH is 1. The van der Waals surface area contributed by atoms with Crippen molar-refractivity contribution in [3.8, 4) is 0 Å². The molecule has 0 bridgehead atoms. The summed E-state index contributed by atoms with van der Waals surface area (Å²) in [6.07, 6.45) is 44.9. The molecule has 0 heterocycles. The van der Waals surface area contributed by atoms with Gasteiger partial charge in [-0.1, -0.05) is 131 Å². The molecule has 2 N–H and O–H groups in total. The van der Waals surface area contributed by atoms with E-state index < -0.39 is 20.5 Å². The van der Waals surface area contributed by atoms with Gasteiger partial charge in [0, 0.05) is 6.42 Å². The van der Waals surface area contributed by atoms with Gasteiger partial charge in [0.1, 0.15) is 25.9 Å². The normalized spacial score (nSPS) is 14.8. The number of likely N-dealkylation sites (N-methyl/N-ethyl adjacent to an activating group) is 1. The Morgan fingerprint density at radius 2 is 1.06 bits per heavy atom. The maximum atomic E-state index is 11.9. The quantitative estimate of drug-likeness (QED) is 0.0230. The van der Waals surface area contributed by atoms with E-state index in [2.05, 4.69) is 79.8 Å². The summed E-state index contributed by atoms with van der Waals surface area (Å²) in [5, 5.41) is 9.89. The van der Waals surface area contributed by atoms with Gasteiger partial charge in [-0.25, -0.2) is 4.57 Å². The lowest BCUT2D eigenvalue weighted by Crippen LogP contribution is -2.37. The highest BCUT2D eigenvalue weighted by molar-refractivity contribution is 7.47. The molecule has 0 aliphatic rings. The van der Waals surface area contributed by atoms with Crippen LogP contribution in [0.5, 0.6) is 0 Å². The van der Waals surface area contributed by atoms with E-state index in [9.17, 15) is 19.4 Å². The summed E-state index contributed by atoms with van der Waals surface area (Å²) in [5.74, 6) is -0.380. The molecule has 0 saturated carbocycles. The van der Waals surface area contributed by atoms with Gasteiger partial charge in [-0.2, -0.15) is 0 Å². The van der Waals surface area contributed by atoms with Crippen molar-refractivity contribution in [1.82, 2.24) is 0 Å². The van der Waals surface area contributed by atoms with E-state index in [-0.39, 0.29) is 19.2 Å². The molecule has 0 aliphatic heterocycles. The van der Waals surface area contributed by atoms with E-state index in [4.69, 9.17) is 13.8 Å². The predicted molar refractivity (Wildman–Crippen MR) is 205 cm³/mol. The number of aliphatic hydroxyl groups is 1. The lowest BCUT2D eigenvalue weighted by Gasteiger charge is -2.24. The number of rotatable bonds is 33. The number of phosphoric acid groups is 1.